The second-order valence-electron chi connectivity index (χ2n) is 9.44. The number of fused-ring (bicyclic) bond motifs is 1. The number of phenolic OH excluding ortho intramolecular Hbond substituents is 1. The van der Waals surface area contributed by atoms with E-state index in [0.717, 1.165) is 0 Å². The van der Waals surface area contributed by atoms with Crippen LogP contribution in [-0.4, -0.2) is 72.5 Å². The minimum Gasteiger partial charge on any atom is -0.507 e. The van der Waals surface area contributed by atoms with E-state index in [9.17, 15) is 45.0 Å². The van der Waals surface area contributed by atoms with Crippen molar-refractivity contribution in [2.45, 2.75) is 49.9 Å². The number of hydrogen-bond acceptors (Lipinski definition) is 9. The number of ketones is 2. The number of hydrogen-bond donors (Lipinski definition) is 7. The van der Waals surface area contributed by atoms with Crippen LogP contribution >= 0.6 is 0 Å². The summed E-state index contributed by atoms with van der Waals surface area (Å²) in [6.45, 7) is -1.62. The van der Waals surface area contributed by atoms with E-state index in [0.29, 0.717) is 22.3 Å². The number of aliphatic hydroxyl groups is 5. The monoisotopic (exact) mass is 501 g/mol. The molecule has 0 fully saturated rings. The highest BCUT2D eigenvalue weighted by Gasteiger charge is 2.49. The lowest BCUT2D eigenvalue weighted by Gasteiger charge is -2.42. The quantitative estimate of drug-likeness (QED) is 0.207. The Bertz CT molecular complexity index is 1150. The van der Waals surface area contributed by atoms with Gasteiger partial charge in [-0.1, -0.05) is 30.3 Å². The third kappa shape index (κ3) is 5.63. The molecule has 1 aliphatic rings. The molecule has 2 aromatic rings. The molecule has 0 radical (unpaired) electrons. The molecule has 3 unspecified atom stereocenters. The van der Waals surface area contributed by atoms with Gasteiger partial charge < -0.3 is 36.4 Å². The fourth-order valence-corrected chi connectivity index (χ4v) is 5.11. The molecule has 10 heteroatoms. The summed E-state index contributed by atoms with van der Waals surface area (Å²) in [7, 11) is 0. The highest BCUT2D eigenvalue weighted by atomic mass is 16.3. The number of primary amides is 1. The van der Waals surface area contributed by atoms with Gasteiger partial charge in [-0.2, -0.15) is 0 Å². The second-order valence-corrected chi connectivity index (χ2v) is 9.44. The molecule has 0 saturated carbocycles. The third-order valence-corrected chi connectivity index (χ3v) is 6.76. The Kier molecular flexibility index (Phi) is 8.27. The van der Waals surface area contributed by atoms with E-state index in [-0.39, 0.29) is 24.3 Å². The van der Waals surface area contributed by atoms with Crippen molar-refractivity contribution in [2.24, 2.45) is 11.7 Å². The highest BCUT2D eigenvalue weighted by molar-refractivity contribution is 6.03. The lowest BCUT2D eigenvalue weighted by atomic mass is 9.68. The van der Waals surface area contributed by atoms with Crippen LogP contribution in [0.2, 0.25) is 0 Å². The van der Waals surface area contributed by atoms with Crippen LogP contribution in [0.25, 0.3) is 11.1 Å². The Morgan fingerprint density at radius 2 is 1.72 bits per heavy atom. The summed E-state index contributed by atoms with van der Waals surface area (Å²) in [6, 6.07) is 9.81. The maximum Gasteiger partial charge on any atom is 0.224 e. The number of Topliss-reactive ketones (excluding diaryl/α,β-unsaturated/α-hetero) is 2. The zero-order chi connectivity index (χ0) is 26.7. The maximum absolute atomic E-state index is 13.1. The Morgan fingerprint density at radius 3 is 2.28 bits per heavy atom. The first-order chi connectivity index (χ1) is 17.0. The van der Waals surface area contributed by atoms with Crippen LogP contribution in [0.1, 0.15) is 47.2 Å². The number of phenols is 1. The molecule has 8 N–H and O–H groups in total. The van der Waals surface area contributed by atoms with E-state index in [4.69, 9.17) is 5.73 Å². The molecule has 1 aliphatic carbocycles. The molecule has 2 aromatic carbocycles. The number of aromatic hydroxyl groups is 1. The van der Waals surface area contributed by atoms with E-state index in [1.165, 1.54) is 6.07 Å². The smallest absolute Gasteiger partial charge is 0.224 e. The molecule has 3 atom stereocenters. The zero-order valence-corrected chi connectivity index (χ0v) is 19.7. The van der Waals surface area contributed by atoms with Gasteiger partial charge in [0.05, 0.1) is 42.3 Å². The van der Waals surface area contributed by atoms with E-state index in [2.05, 4.69) is 0 Å². The van der Waals surface area contributed by atoms with Crippen LogP contribution in [0.3, 0.4) is 0 Å². The summed E-state index contributed by atoms with van der Waals surface area (Å²) < 4.78 is 0. The largest absolute Gasteiger partial charge is 0.507 e. The van der Waals surface area contributed by atoms with Gasteiger partial charge in [0.25, 0.3) is 0 Å². The summed E-state index contributed by atoms with van der Waals surface area (Å²) in [6.07, 6.45) is -2.41. The van der Waals surface area contributed by atoms with E-state index in [1.54, 1.807) is 30.3 Å². The molecule has 0 aromatic heterocycles. The van der Waals surface area contributed by atoms with Gasteiger partial charge in [-0.25, -0.2) is 0 Å². The van der Waals surface area contributed by atoms with Crippen LogP contribution < -0.4 is 5.73 Å². The number of carbonyl (C=O) groups excluding carboxylic acids is 3. The van der Waals surface area contributed by atoms with Crippen molar-refractivity contribution in [3.05, 3.63) is 53.1 Å². The van der Waals surface area contributed by atoms with Crippen molar-refractivity contribution in [2.75, 3.05) is 13.2 Å². The van der Waals surface area contributed by atoms with Crippen LogP contribution in [0.4, 0.5) is 0 Å². The number of carbonyl (C=O) groups is 3. The topological polar surface area (TPSA) is 199 Å². The second kappa shape index (κ2) is 10.9. The Labute approximate surface area is 207 Å². The minimum atomic E-state index is -2.15. The molecule has 0 spiro atoms. The number of aliphatic hydroxyl groups excluding tert-OH is 3. The van der Waals surface area contributed by atoms with Crippen molar-refractivity contribution in [1.29, 1.82) is 0 Å². The van der Waals surface area contributed by atoms with Gasteiger partial charge in [0.2, 0.25) is 5.91 Å². The SMILES string of the molecule is NC(=O)CC(=O)C(CO)C(O)(CCO)CC1(O)CC(=O)c2c(O)ccc(-c3ccc(CO)cc3)c2C1. The van der Waals surface area contributed by atoms with E-state index >= 15 is 0 Å². The summed E-state index contributed by atoms with van der Waals surface area (Å²) in [5.74, 6) is -4.19. The molecule has 0 bridgehead atoms. The average molecular weight is 502 g/mol. The third-order valence-electron chi connectivity index (χ3n) is 6.76. The van der Waals surface area contributed by atoms with Gasteiger partial charge in [0.15, 0.2) is 5.78 Å². The molecule has 1 amide bonds. The van der Waals surface area contributed by atoms with Gasteiger partial charge >= 0.3 is 0 Å². The predicted molar refractivity (Wildman–Crippen MR) is 128 cm³/mol. The molecule has 194 valence electrons. The van der Waals surface area contributed by atoms with Crippen LogP contribution in [0.5, 0.6) is 5.75 Å². The minimum absolute atomic E-state index is 0.0395. The highest BCUT2D eigenvalue weighted by Crippen LogP contribution is 2.44. The van der Waals surface area contributed by atoms with Gasteiger partial charge in [0.1, 0.15) is 11.5 Å². The summed E-state index contributed by atoms with van der Waals surface area (Å²) in [5.41, 5.74) is 3.29. The van der Waals surface area contributed by atoms with Crippen molar-refractivity contribution in [3.63, 3.8) is 0 Å². The summed E-state index contributed by atoms with van der Waals surface area (Å²) in [5, 5.41) is 62.0. The molecule has 36 heavy (non-hydrogen) atoms. The number of nitrogens with two attached hydrogens (primary N) is 1. The first kappa shape index (κ1) is 27.4. The fraction of sp³-hybridized carbons (Fsp3) is 0.423. The van der Waals surface area contributed by atoms with Gasteiger partial charge in [-0.05, 0) is 28.3 Å². The molecule has 3 rings (SSSR count). The number of rotatable bonds is 11. The first-order valence-corrected chi connectivity index (χ1v) is 11.5. The van der Waals surface area contributed by atoms with Crippen LogP contribution in [0.15, 0.2) is 36.4 Å². The normalized spacial score (nSPS) is 19.9. The summed E-state index contributed by atoms with van der Waals surface area (Å²) >= 11 is 0. The fourth-order valence-electron chi connectivity index (χ4n) is 5.11. The predicted octanol–water partition coefficient (Wildman–Crippen LogP) is -0.0319. The molecule has 10 nitrogen and oxygen atoms in total. The van der Waals surface area contributed by atoms with Crippen molar-refractivity contribution in [1.82, 2.24) is 0 Å². The lowest BCUT2D eigenvalue weighted by Crippen LogP contribution is -2.53. The number of benzene rings is 2. The Hall–Kier alpha value is -3.15. The standard InChI is InChI=1S/C26H31NO9/c27-23(34)9-21(32)19(13-30)26(36,7-8-28)14-25(35)10-18-17(16-3-1-15(12-29)2-4-16)5-6-20(31)24(18)22(33)11-25/h1-6,19,28-31,35-36H,7-14H2,(H2,27,34). The van der Waals surface area contributed by atoms with E-state index in [1.807, 2.05) is 0 Å². The Morgan fingerprint density at radius 1 is 1.06 bits per heavy atom. The van der Waals surface area contributed by atoms with E-state index < -0.39 is 73.5 Å². The van der Waals surface area contributed by atoms with Crippen LogP contribution in [-0.2, 0) is 22.6 Å². The van der Waals surface area contributed by atoms with Gasteiger partial charge in [0, 0.05) is 32.3 Å². The molecular formula is C26H31NO9. The Balaban J connectivity index is 2.04. The maximum atomic E-state index is 13.1. The average Bonchev–Trinajstić information content (AvgIpc) is 2.78. The summed E-state index contributed by atoms with van der Waals surface area (Å²) in [4.78, 5) is 36.9. The van der Waals surface area contributed by atoms with Gasteiger partial charge in [-0.3, -0.25) is 14.4 Å². The number of amides is 1. The van der Waals surface area contributed by atoms with Crippen molar-refractivity contribution < 1.29 is 45.0 Å². The van der Waals surface area contributed by atoms with Crippen LogP contribution in [0, 0.1) is 5.92 Å². The van der Waals surface area contributed by atoms with Crippen molar-refractivity contribution in [3.8, 4) is 16.9 Å². The first-order valence-electron chi connectivity index (χ1n) is 11.5. The molecular weight excluding hydrogens is 470 g/mol. The molecule has 0 saturated heterocycles. The van der Waals surface area contributed by atoms with Crippen molar-refractivity contribution >= 4 is 17.5 Å². The molecule has 0 heterocycles. The molecule has 0 aliphatic heterocycles. The lowest BCUT2D eigenvalue weighted by molar-refractivity contribution is -0.148. The van der Waals surface area contributed by atoms with Gasteiger partial charge in [-0.15, -0.1) is 0 Å². The zero-order valence-electron chi connectivity index (χ0n) is 19.7.